The molecule has 0 fully saturated rings. The molecule has 0 aliphatic carbocycles. The van der Waals surface area contributed by atoms with Crippen molar-refractivity contribution >= 4 is 51.3 Å². The summed E-state index contributed by atoms with van der Waals surface area (Å²) in [5.41, 5.74) is 0.846. The lowest BCUT2D eigenvalue weighted by molar-refractivity contribution is -0.117. The Kier molecular flexibility index (Phi) is 5.00. The highest BCUT2D eigenvalue weighted by Gasteiger charge is 2.46. The molecule has 1 N–H and O–H groups in total. The van der Waals surface area contributed by atoms with Gasteiger partial charge in [0.1, 0.15) is 6.04 Å². The molecular formula is C24H16ClNO5S. The second-order valence-electron chi connectivity index (χ2n) is 7.15. The lowest BCUT2D eigenvalue weighted by atomic mass is 10.00. The number of carbonyl (C=O) groups is 2. The number of para-hydroxylation sites is 1. The largest absolute Gasteiger partial charge is 0.503 e. The van der Waals surface area contributed by atoms with E-state index in [1.165, 1.54) is 23.3 Å². The minimum Gasteiger partial charge on any atom is -0.503 e. The first-order valence-electron chi connectivity index (χ1n) is 9.66. The number of benzene rings is 2. The molecule has 8 heteroatoms. The molecule has 2 aromatic carbocycles. The summed E-state index contributed by atoms with van der Waals surface area (Å²) in [5.74, 6) is -1.37. The molecule has 160 valence electrons. The van der Waals surface area contributed by atoms with Crippen molar-refractivity contribution in [1.82, 2.24) is 0 Å². The number of halogens is 1. The van der Waals surface area contributed by atoms with Crippen LogP contribution in [0.4, 0.5) is 5.69 Å². The summed E-state index contributed by atoms with van der Waals surface area (Å²) in [5, 5.41) is 13.8. The Bertz CT molecular complexity index is 1390. The fraction of sp³-hybridized carbons (Fsp3) is 0.0833. The van der Waals surface area contributed by atoms with Gasteiger partial charge in [-0.1, -0.05) is 35.9 Å². The van der Waals surface area contributed by atoms with Crippen molar-refractivity contribution < 1.29 is 23.8 Å². The van der Waals surface area contributed by atoms with Crippen LogP contribution in [0.5, 0.6) is 5.75 Å². The number of ether oxygens (including phenoxy) is 1. The number of amides is 1. The van der Waals surface area contributed by atoms with E-state index in [1.54, 1.807) is 48.5 Å². The van der Waals surface area contributed by atoms with Crippen LogP contribution in [0, 0.1) is 0 Å². The second kappa shape index (κ2) is 7.85. The fourth-order valence-electron chi connectivity index (χ4n) is 3.89. The molecule has 0 bridgehead atoms. The van der Waals surface area contributed by atoms with Gasteiger partial charge in [-0.15, -0.1) is 11.3 Å². The predicted octanol–water partition coefficient (Wildman–Crippen LogP) is 5.94. The van der Waals surface area contributed by atoms with E-state index in [0.29, 0.717) is 27.4 Å². The van der Waals surface area contributed by atoms with E-state index in [-0.39, 0.29) is 11.3 Å². The van der Waals surface area contributed by atoms with Gasteiger partial charge >= 0.3 is 0 Å². The van der Waals surface area contributed by atoms with E-state index in [9.17, 15) is 14.7 Å². The van der Waals surface area contributed by atoms with Crippen LogP contribution in [0.25, 0.3) is 11.0 Å². The third-order valence-corrected chi connectivity index (χ3v) is 6.46. The van der Waals surface area contributed by atoms with Gasteiger partial charge in [0.2, 0.25) is 5.78 Å². The topological polar surface area (TPSA) is 80.0 Å². The Labute approximate surface area is 191 Å². The van der Waals surface area contributed by atoms with E-state index >= 15 is 0 Å². The summed E-state index contributed by atoms with van der Waals surface area (Å²) in [7, 11) is 1.51. The number of thiophene rings is 1. The number of fused-ring (bicyclic) bond motifs is 1. The van der Waals surface area contributed by atoms with Crippen LogP contribution in [0.2, 0.25) is 5.02 Å². The standard InChI is InChI=1S/C24H16ClNO5S/c1-30-16-8-2-5-13-11-17(31-23(13)16)21(27)19-20(18-9-4-10-32-18)26(24(29)22(19)28)15-7-3-6-14(25)12-15/h2-12,20,28H,1H3. The number of hydrogen-bond donors (Lipinski definition) is 1. The number of anilines is 1. The number of Topliss-reactive ketones (excluding diaryl/α,β-unsaturated/α-hetero) is 1. The van der Waals surface area contributed by atoms with Crippen LogP contribution < -0.4 is 9.64 Å². The molecule has 1 atom stereocenters. The highest BCUT2D eigenvalue weighted by atomic mass is 35.5. The van der Waals surface area contributed by atoms with Crippen molar-refractivity contribution in [2.45, 2.75) is 6.04 Å². The van der Waals surface area contributed by atoms with Gasteiger partial charge in [-0.3, -0.25) is 14.5 Å². The van der Waals surface area contributed by atoms with Gasteiger partial charge in [0.05, 0.1) is 12.7 Å². The molecule has 0 radical (unpaired) electrons. The van der Waals surface area contributed by atoms with Crippen LogP contribution in [-0.2, 0) is 4.79 Å². The maximum absolute atomic E-state index is 13.6. The summed E-state index contributed by atoms with van der Waals surface area (Å²) in [6, 6.07) is 16.4. The lowest BCUT2D eigenvalue weighted by Crippen LogP contribution is -2.30. The Morgan fingerprint density at radius 1 is 1.16 bits per heavy atom. The zero-order chi connectivity index (χ0) is 22.4. The van der Waals surface area contributed by atoms with Crippen LogP contribution >= 0.6 is 22.9 Å². The average molecular weight is 466 g/mol. The Morgan fingerprint density at radius 3 is 2.69 bits per heavy atom. The monoisotopic (exact) mass is 465 g/mol. The number of methoxy groups -OCH3 is 1. The summed E-state index contributed by atoms with van der Waals surface area (Å²) < 4.78 is 11.1. The maximum Gasteiger partial charge on any atom is 0.294 e. The van der Waals surface area contributed by atoms with Gasteiger partial charge < -0.3 is 14.3 Å². The molecule has 32 heavy (non-hydrogen) atoms. The van der Waals surface area contributed by atoms with Gasteiger partial charge in [-0.25, -0.2) is 0 Å². The number of ketones is 1. The second-order valence-corrected chi connectivity index (χ2v) is 8.57. The number of aliphatic hydroxyl groups excluding tert-OH is 1. The van der Waals surface area contributed by atoms with E-state index in [2.05, 4.69) is 0 Å². The molecule has 0 saturated carbocycles. The number of nitrogens with zero attached hydrogens (tertiary/aromatic N) is 1. The first-order valence-corrected chi connectivity index (χ1v) is 10.9. The van der Waals surface area contributed by atoms with Gasteiger partial charge in [-0.05, 0) is 41.8 Å². The van der Waals surface area contributed by atoms with Crippen molar-refractivity contribution in [2.24, 2.45) is 0 Å². The number of carbonyl (C=O) groups excluding carboxylic acids is 2. The average Bonchev–Trinajstić information content (AvgIpc) is 3.52. The normalized spacial score (nSPS) is 16.2. The Hall–Kier alpha value is -3.55. The maximum atomic E-state index is 13.6. The molecule has 4 aromatic rings. The molecule has 1 aliphatic heterocycles. The van der Waals surface area contributed by atoms with Gasteiger partial charge in [0.25, 0.3) is 5.91 Å². The molecule has 3 heterocycles. The quantitative estimate of drug-likeness (QED) is 0.369. The van der Waals surface area contributed by atoms with Crippen molar-refractivity contribution in [1.29, 1.82) is 0 Å². The fourth-order valence-corrected chi connectivity index (χ4v) is 4.90. The smallest absolute Gasteiger partial charge is 0.294 e. The number of furan rings is 1. The summed E-state index contributed by atoms with van der Waals surface area (Å²) in [6.45, 7) is 0. The minimum atomic E-state index is -0.816. The van der Waals surface area contributed by atoms with Crippen LogP contribution in [0.1, 0.15) is 21.5 Å². The summed E-state index contributed by atoms with van der Waals surface area (Å²) in [6.07, 6.45) is 0. The van der Waals surface area contributed by atoms with Gasteiger partial charge in [0, 0.05) is 21.0 Å². The van der Waals surface area contributed by atoms with Crippen LogP contribution in [0.3, 0.4) is 0 Å². The van der Waals surface area contributed by atoms with Crippen LogP contribution in [-0.4, -0.2) is 23.9 Å². The number of aliphatic hydroxyl groups is 1. The summed E-state index contributed by atoms with van der Waals surface area (Å²) in [4.78, 5) is 28.8. The Balaban J connectivity index is 1.65. The van der Waals surface area contributed by atoms with Gasteiger partial charge in [0.15, 0.2) is 22.9 Å². The first kappa shape index (κ1) is 20.4. The molecule has 1 amide bonds. The summed E-state index contributed by atoms with van der Waals surface area (Å²) >= 11 is 7.52. The van der Waals surface area contributed by atoms with Crippen LogP contribution in [0.15, 0.2) is 81.8 Å². The van der Waals surface area contributed by atoms with E-state index < -0.39 is 23.5 Å². The number of hydrogen-bond acceptors (Lipinski definition) is 6. The molecule has 5 rings (SSSR count). The van der Waals surface area contributed by atoms with Crippen molar-refractivity contribution in [2.75, 3.05) is 12.0 Å². The third-order valence-electron chi connectivity index (χ3n) is 5.30. The van der Waals surface area contributed by atoms with E-state index in [0.717, 1.165) is 4.88 Å². The molecule has 1 unspecified atom stereocenters. The van der Waals surface area contributed by atoms with Crippen molar-refractivity contribution in [3.05, 3.63) is 93.0 Å². The third kappa shape index (κ3) is 3.18. The van der Waals surface area contributed by atoms with Gasteiger partial charge in [-0.2, -0.15) is 0 Å². The Morgan fingerprint density at radius 2 is 1.97 bits per heavy atom. The minimum absolute atomic E-state index is 0.00773. The number of rotatable bonds is 5. The SMILES string of the molecule is COc1cccc2cc(C(=O)C3=C(O)C(=O)N(c4cccc(Cl)c4)C3c3cccs3)oc12. The van der Waals surface area contributed by atoms with Crippen molar-refractivity contribution in [3.8, 4) is 5.75 Å². The zero-order valence-corrected chi connectivity index (χ0v) is 18.3. The lowest BCUT2D eigenvalue weighted by Gasteiger charge is -2.25. The first-order chi connectivity index (χ1) is 15.5. The van der Waals surface area contributed by atoms with E-state index in [1.807, 2.05) is 17.5 Å². The zero-order valence-electron chi connectivity index (χ0n) is 16.7. The molecule has 0 saturated heterocycles. The van der Waals surface area contributed by atoms with Crippen molar-refractivity contribution in [3.63, 3.8) is 0 Å². The molecule has 0 spiro atoms. The highest BCUT2D eigenvalue weighted by Crippen LogP contribution is 2.44. The van der Waals surface area contributed by atoms with E-state index in [4.69, 9.17) is 20.8 Å². The molecule has 6 nitrogen and oxygen atoms in total. The predicted molar refractivity (Wildman–Crippen MR) is 123 cm³/mol. The molecule has 1 aliphatic rings. The molecule has 2 aromatic heterocycles. The highest BCUT2D eigenvalue weighted by molar-refractivity contribution is 7.10. The molecular weight excluding hydrogens is 450 g/mol.